The molecular weight excluding hydrogens is 250 g/mol. The van der Waals surface area contributed by atoms with Crippen LogP contribution in [0.2, 0.25) is 0 Å². The lowest BCUT2D eigenvalue weighted by molar-refractivity contribution is 0.102. The number of carbonyl (C=O) groups is 1. The molecule has 1 aromatic heterocycles. The molecule has 94 valence electrons. The number of aromatic nitrogens is 1. The van der Waals surface area contributed by atoms with Gasteiger partial charge >= 0.3 is 0 Å². The summed E-state index contributed by atoms with van der Waals surface area (Å²) in [6, 6.07) is 7.44. The fourth-order valence-electron chi connectivity index (χ4n) is 1.44. The normalized spacial score (nSPS) is 10.3. The molecule has 1 aromatic carbocycles. The number of thiazole rings is 1. The van der Waals surface area contributed by atoms with Gasteiger partial charge in [-0.2, -0.15) is 0 Å². The smallest absolute Gasteiger partial charge is 0.275 e. The second kappa shape index (κ2) is 5.61. The van der Waals surface area contributed by atoms with E-state index in [4.69, 9.17) is 10.5 Å². The third-order valence-corrected chi connectivity index (χ3v) is 2.95. The summed E-state index contributed by atoms with van der Waals surface area (Å²) in [5.74, 6) is -0.262. The average Bonchev–Trinajstić information content (AvgIpc) is 2.79. The van der Waals surface area contributed by atoms with Gasteiger partial charge in [0.25, 0.3) is 5.91 Å². The standard InChI is InChI=1S/C12H13N3O2S/c1-17-6-8-2-4-9(5-3-8)14-11(16)10-7-18-12(13)15-10/h2-5,7H,6H2,1H3,(H2,13,15)(H,14,16). The molecule has 0 unspecified atom stereocenters. The van der Waals surface area contributed by atoms with Crippen molar-refractivity contribution in [1.82, 2.24) is 4.98 Å². The van der Waals surface area contributed by atoms with Crippen molar-refractivity contribution < 1.29 is 9.53 Å². The number of nitrogens with two attached hydrogens (primary N) is 1. The first-order valence-corrected chi connectivity index (χ1v) is 6.17. The molecule has 0 fully saturated rings. The topological polar surface area (TPSA) is 77.2 Å². The quantitative estimate of drug-likeness (QED) is 0.885. The summed E-state index contributed by atoms with van der Waals surface area (Å²) in [4.78, 5) is 15.7. The van der Waals surface area contributed by atoms with Crippen LogP contribution >= 0.6 is 11.3 Å². The third kappa shape index (κ3) is 3.06. The fourth-order valence-corrected chi connectivity index (χ4v) is 1.98. The van der Waals surface area contributed by atoms with Gasteiger partial charge in [-0.3, -0.25) is 4.79 Å². The highest BCUT2D eigenvalue weighted by Gasteiger charge is 2.09. The van der Waals surface area contributed by atoms with Gasteiger partial charge in [0.2, 0.25) is 0 Å². The minimum absolute atomic E-state index is 0.262. The van der Waals surface area contributed by atoms with Gasteiger partial charge in [0.15, 0.2) is 5.13 Å². The number of ether oxygens (including phenoxy) is 1. The van der Waals surface area contributed by atoms with Crippen LogP contribution in [0.15, 0.2) is 29.6 Å². The van der Waals surface area contributed by atoms with Crippen LogP contribution in [0.4, 0.5) is 10.8 Å². The molecule has 0 aliphatic heterocycles. The van der Waals surface area contributed by atoms with Crippen molar-refractivity contribution in [3.8, 4) is 0 Å². The Labute approximate surface area is 109 Å². The van der Waals surface area contributed by atoms with E-state index in [0.29, 0.717) is 23.1 Å². The third-order valence-electron chi connectivity index (χ3n) is 2.28. The van der Waals surface area contributed by atoms with Crippen molar-refractivity contribution in [3.63, 3.8) is 0 Å². The van der Waals surface area contributed by atoms with E-state index in [0.717, 1.165) is 5.56 Å². The van der Waals surface area contributed by atoms with Gasteiger partial charge in [-0.1, -0.05) is 12.1 Å². The average molecular weight is 263 g/mol. The van der Waals surface area contributed by atoms with Gasteiger partial charge in [-0.25, -0.2) is 4.98 Å². The largest absolute Gasteiger partial charge is 0.380 e. The number of benzene rings is 1. The number of anilines is 2. The molecule has 1 heterocycles. The van der Waals surface area contributed by atoms with Gasteiger partial charge in [0, 0.05) is 18.2 Å². The van der Waals surface area contributed by atoms with Crippen LogP contribution in [0.3, 0.4) is 0 Å². The molecule has 0 atom stereocenters. The van der Waals surface area contributed by atoms with Crippen LogP contribution in [0.25, 0.3) is 0 Å². The number of amides is 1. The molecule has 0 saturated carbocycles. The first kappa shape index (κ1) is 12.5. The lowest BCUT2D eigenvalue weighted by atomic mass is 10.2. The molecule has 0 aliphatic rings. The first-order valence-electron chi connectivity index (χ1n) is 5.29. The van der Waals surface area contributed by atoms with Crippen molar-refractivity contribution in [2.24, 2.45) is 0 Å². The Hall–Kier alpha value is -1.92. The SMILES string of the molecule is COCc1ccc(NC(=O)c2csc(N)n2)cc1. The van der Waals surface area contributed by atoms with Gasteiger partial charge in [-0.05, 0) is 17.7 Å². The zero-order valence-electron chi connectivity index (χ0n) is 9.84. The number of rotatable bonds is 4. The van der Waals surface area contributed by atoms with E-state index < -0.39 is 0 Å². The molecule has 6 heteroatoms. The van der Waals surface area contributed by atoms with Gasteiger partial charge in [0.05, 0.1) is 6.61 Å². The summed E-state index contributed by atoms with van der Waals surface area (Å²) in [5, 5.41) is 4.76. The summed E-state index contributed by atoms with van der Waals surface area (Å²) < 4.78 is 5.01. The monoisotopic (exact) mass is 263 g/mol. The maximum Gasteiger partial charge on any atom is 0.275 e. The summed E-state index contributed by atoms with van der Waals surface area (Å²) >= 11 is 1.24. The lowest BCUT2D eigenvalue weighted by Gasteiger charge is -2.04. The van der Waals surface area contributed by atoms with Crippen molar-refractivity contribution in [2.45, 2.75) is 6.61 Å². The number of methoxy groups -OCH3 is 1. The molecule has 0 radical (unpaired) electrons. The number of nitrogens with zero attached hydrogens (tertiary/aromatic N) is 1. The van der Waals surface area contributed by atoms with Crippen molar-refractivity contribution in [1.29, 1.82) is 0 Å². The summed E-state index contributed by atoms with van der Waals surface area (Å²) in [6.07, 6.45) is 0. The molecule has 2 rings (SSSR count). The van der Waals surface area contributed by atoms with E-state index in [1.54, 1.807) is 12.5 Å². The van der Waals surface area contributed by atoms with Gasteiger partial charge < -0.3 is 15.8 Å². The van der Waals surface area contributed by atoms with Crippen LogP contribution in [0, 0.1) is 0 Å². The molecule has 0 saturated heterocycles. The van der Waals surface area contributed by atoms with E-state index in [1.807, 2.05) is 24.3 Å². The minimum atomic E-state index is -0.262. The van der Waals surface area contributed by atoms with Crippen LogP contribution in [-0.4, -0.2) is 18.0 Å². The van der Waals surface area contributed by atoms with Crippen molar-refractivity contribution in [2.75, 3.05) is 18.2 Å². The maximum absolute atomic E-state index is 11.8. The number of hydrogen-bond acceptors (Lipinski definition) is 5. The Morgan fingerprint density at radius 3 is 2.72 bits per heavy atom. The van der Waals surface area contributed by atoms with Gasteiger partial charge in [0.1, 0.15) is 5.69 Å². The molecule has 1 amide bonds. The van der Waals surface area contributed by atoms with E-state index in [1.165, 1.54) is 11.3 Å². The fraction of sp³-hybridized carbons (Fsp3) is 0.167. The Kier molecular flexibility index (Phi) is 3.91. The molecule has 3 N–H and O–H groups in total. The highest BCUT2D eigenvalue weighted by molar-refractivity contribution is 7.13. The molecule has 2 aromatic rings. The maximum atomic E-state index is 11.8. The summed E-state index contributed by atoms with van der Waals surface area (Å²) in [5.41, 5.74) is 7.57. The lowest BCUT2D eigenvalue weighted by Crippen LogP contribution is -2.12. The Balaban J connectivity index is 2.03. The Morgan fingerprint density at radius 2 is 2.17 bits per heavy atom. The van der Waals surface area contributed by atoms with Crippen molar-refractivity contribution in [3.05, 3.63) is 40.9 Å². The van der Waals surface area contributed by atoms with E-state index in [-0.39, 0.29) is 5.91 Å². The second-order valence-corrected chi connectivity index (χ2v) is 4.54. The highest BCUT2D eigenvalue weighted by atomic mass is 32.1. The minimum Gasteiger partial charge on any atom is -0.380 e. The Morgan fingerprint density at radius 1 is 1.44 bits per heavy atom. The van der Waals surface area contributed by atoms with Crippen LogP contribution in [0.1, 0.15) is 16.1 Å². The molecule has 0 bridgehead atoms. The summed E-state index contributed by atoms with van der Waals surface area (Å²) in [7, 11) is 1.64. The van der Waals surface area contributed by atoms with E-state index in [2.05, 4.69) is 10.3 Å². The predicted octanol–water partition coefficient (Wildman–Crippen LogP) is 2.12. The van der Waals surface area contributed by atoms with Crippen LogP contribution in [0.5, 0.6) is 0 Å². The van der Waals surface area contributed by atoms with Crippen LogP contribution in [-0.2, 0) is 11.3 Å². The highest BCUT2D eigenvalue weighted by Crippen LogP contribution is 2.14. The zero-order valence-corrected chi connectivity index (χ0v) is 10.7. The molecule has 0 spiro atoms. The van der Waals surface area contributed by atoms with Crippen molar-refractivity contribution >= 4 is 28.1 Å². The number of hydrogen-bond donors (Lipinski definition) is 2. The zero-order chi connectivity index (χ0) is 13.0. The van der Waals surface area contributed by atoms with E-state index >= 15 is 0 Å². The molecular formula is C12H13N3O2S. The molecule has 0 aliphatic carbocycles. The summed E-state index contributed by atoms with van der Waals surface area (Å²) in [6.45, 7) is 0.552. The second-order valence-electron chi connectivity index (χ2n) is 3.66. The van der Waals surface area contributed by atoms with E-state index in [9.17, 15) is 4.79 Å². The van der Waals surface area contributed by atoms with Gasteiger partial charge in [-0.15, -0.1) is 11.3 Å². The number of nitrogens with one attached hydrogen (secondary N) is 1. The molecule has 5 nitrogen and oxygen atoms in total. The predicted molar refractivity (Wildman–Crippen MR) is 71.6 cm³/mol. The Bertz CT molecular complexity index is 537. The first-order chi connectivity index (χ1) is 8.69. The van der Waals surface area contributed by atoms with Crippen LogP contribution < -0.4 is 11.1 Å². The molecule has 18 heavy (non-hydrogen) atoms. The number of carbonyl (C=O) groups excluding carboxylic acids is 1. The number of nitrogen functional groups attached to an aromatic ring is 1.